The molecule has 0 fully saturated rings. The molecule has 0 atom stereocenters. The van der Waals surface area contributed by atoms with Gasteiger partial charge in [-0.3, -0.25) is 0 Å². The van der Waals surface area contributed by atoms with Crippen LogP contribution in [0.5, 0.6) is 5.75 Å². The van der Waals surface area contributed by atoms with Crippen LogP contribution in [0.2, 0.25) is 5.02 Å². The van der Waals surface area contributed by atoms with Crippen molar-refractivity contribution >= 4 is 17.3 Å². The third-order valence-corrected chi connectivity index (χ3v) is 3.33. The summed E-state index contributed by atoms with van der Waals surface area (Å²) in [5, 5.41) is 4.15. The Hall–Kier alpha value is -1.67. The van der Waals surface area contributed by atoms with Crippen LogP contribution in [0.4, 0.5) is 5.69 Å². The van der Waals surface area contributed by atoms with Gasteiger partial charge in [-0.2, -0.15) is 0 Å². The Balaban J connectivity index is 1.83. The number of rotatable bonds is 6. The molecule has 2 aromatic rings. The number of ether oxygens (including phenoxy) is 1. The van der Waals surface area contributed by atoms with Gasteiger partial charge in [0.15, 0.2) is 0 Å². The Bertz CT molecular complexity index is 537. The molecule has 0 bridgehead atoms. The topological polar surface area (TPSA) is 21.3 Å². The van der Waals surface area contributed by atoms with Gasteiger partial charge in [-0.1, -0.05) is 43.6 Å². The van der Waals surface area contributed by atoms with Gasteiger partial charge < -0.3 is 10.1 Å². The van der Waals surface area contributed by atoms with Crippen molar-refractivity contribution < 1.29 is 4.74 Å². The molecule has 3 heteroatoms. The highest BCUT2D eigenvalue weighted by Gasteiger charge is 2.04. The molecule has 0 heterocycles. The Morgan fingerprint density at radius 3 is 2.45 bits per heavy atom. The molecule has 2 nitrogen and oxygen atoms in total. The molecule has 2 aromatic carbocycles. The lowest BCUT2D eigenvalue weighted by atomic mass is 10.0. The molecule has 0 spiro atoms. The van der Waals surface area contributed by atoms with Crippen molar-refractivity contribution in [2.75, 3.05) is 18.5 Å². The Morgan fingerprint density at radius 2 is 1.75 bits per heavy atom. The summed E-state index contributed by atoms with van der Waals surface area (Å²) in [6, 6.07) is 15.8. The molecule has 1 N–H and O–H groups in total. The third-order valence-electron chi connectivity index (χ3n) is 3.08. The molecule has 0 saturated carbocycles. The normalized spacial score (nSPS) is 10.6. The fraction of sp³-hybridized carbons (Fsp3) is 0.294. The van der Waals surface area contributed by atoms with Crippen molar-refractivity contribution in [3.63, 3.8) is 0 Å². The van der Waals surface area contributed by atoms with Gasteiger partial charge in [0, 0.05) is 17.3 Å². The first kappa shape index (κ1) is 14.7. The molecule has 0 radical (unpaired) electrons. The van der Waals surface area contributed by atoms with Crippen molar-refractivity contribution in [2.45, 2.75) is 19.8 Å². The summed E-state index contributed by atoms with van der Waals surface area (Å²) >= 11 is 5.83. The molecule has 0 amide bonds. The van der Waals surface area contributed by atoms with E-state index < -0.39 is 0 Å². The van der Waals surface area contributed by atoms with Crippen LogP contribution in [0.25, 0.3) is 0 Å². The lowest BCUT2D eigenvalue weighted by molar-refractivity contribution is 0.333. The van der Waals surface area contributed by atoms with E-state index in [1.54, 1.807) is 0 Å². The number of halogens is 1. The van der Waals surface area contributed by atoms with Gasteiger partial charge in [0.2, 0.25) is 0 Å². The highest BCUT2D eigenvalue weighted by molar-refractivity contribution is 6.30. The van der Waals surface area contributed by atoms with Crippen molar-refractivity contribution in [3.8, 4) is 5.75 Å². The van der Waals surface area contributed by atoms with E-state index >= 15 is 0 Å². The summed E-state index contributed by atoms with van der Waals surface area (Å²) in [6.45, 7) is 5.79. The molecule has 20 heavy (non-hydrogen) atoms. The predicted octanol–water partition coefficient (Wildman–Crippen LogP) is 4.95. The summed E-state index contributed by atoms with van der Waals surface area (Å²) in [5.74, 6) is 1.35. The van der Waals surface area contributed by atoms with E-state index in [0.717, 1.165) is 17.3 Å². The predicted molar refractivity (Wildman–Crippen MR) is 86.0 cm³/mol. The first-order chi connectivity index (χ1) is 9.66. The molecule has 0 aliphatic rings. The van der Waals surface area contributed by atoms with Crippen LogP contribution >= 0.6 is 11.6 Å². The number of para-hydroxylation sites is 1. The zero-order valence-electron chi connectivity index (χ0n) is 11.9. The summed E-state index contributed by atoms with van der Waals surface area (Å²) in [5.41, 5.74) is 2.51. The number of anilines is 1. The Kier molecular flexibility index (Phi) is 5.31. The highest BCUT2D eigenvalue weighted by atomic mass is 35.5. The summed E-state index contributed by atoms with van der Waals surface area (Å²) < 4.78 is 5.66. The largest absolute Gasteiger partial charge is 0.492 e. The highest BCUT2D eigenvalue weighted by Crippen LogP contribution is 2.23. The van der Waals surface area contributed by atoms with Crippen LogP contribution in [0, 0.1) is 0 Å². The maximum absolute atomic E-state index is 5.83. The first-order valence-electron chi connectivity index (χ1n) is 6.88. The summed E-state index contributed by atoms with van der Waals surface area (Å²) in [6.07, 6.45) is 0. The van der Waals surface area contributed by atoms with Crippen LogP contribution < -0.4 is 10.1 Å². The third kappa shape index (κ3) is 4.17. The fourth-order valence-corrected chi connectivity index (χ4v) is 2.17. The van der Waals surface area contributed by atoms with Crippen molar-refractivity contribution in [2.24, 2.45) is 0 Å². The Morgan fingerprint density at radius 1 is 1.05 bits per heavy atom. The zero-order valence-corrected chi connectivity index (χ0v) is 12.7. The van der Waals surface area contributed by atoms with E-state index in [1.807, 2.05) is 30.3 Å². The summed E-state index contributed by atoms with van der Waals surface area (Å²) in [7, 11) is 0. The number of hydrogen-bond donors (Lipinski definition) is 1. The fourth-order valence-electron chi connectivity index (χ4n) is 2.05. The van der Waals surface area contributed by atoms with Gasteiger partial charge in [-0.05, 0) is 41.8 Å². The van der Waals surface area contributed by atoms with E-state index in [9.17, 15) is 0 Å². The molecule has 106 valence electrons. The van der Waals surface area contributed by atoms with Gasteiger partial charge in [0.25, 0.3) is 0 Å². The quantitative estimate of drug-likeness (QED) is 0.759. The van der Waals surface area contributed by atoms with Crippen LogP contribution in [0.3, 0.4) is 0 Å². The standard InChI is InChI=1S/C17H20ClNO/c1-13(2)16-5-3-4-6-17(16)19-11-12-20-15-9-7-14(18)8-10-15/h3-10,13,19H,11-12H2,1-2H3. The molecule has 0 saturated heterocycles. The molecule has 0 aliphatic heterocycles. The van der Waals surface area contributed by atoms with E-state index in [-0.39, 0.29) is 0 Å². The second-order valence-electron chi connectivity index (χ2n) is 4.97. The van der Waals surface area contributed by atoms with E-state index in [2.05, 4.69) is 37.4 Å². The van der Waals surface area contributed by atoms with Gasteiger partial charge in [-0.25, -0.2) is 0 Å². The SMILES string of the molecule is CC(C)c1ccccc1NCCOc1ccc(Cl)cc1. The smallest absolute Gasteiger partial charge is 0.119 e. The van der Waals surface area contributed by atoms with E-state index in [1.165, 1.54) is 11.3 Å². The number of benzene rings is 2. The monoisotopic (exact) mass is 289 g/mol. The summed E-state index contributed by atoms with van der Waals surface area (Å²) in [4.78, 5) is 0. The van der Waals surface area contributed by atoms with Crippen LogP contribution in [-0.2, 0) is 0 Å². The number of nitrogens with one attached hydrogen (secondary N) is 1. The van der Waals surface area contributed by atoms with Gasteiger partial charge in [-0.15, -0.1) is 0 Å². The van der Waals surface area contributed by atoms with Gasteiger partial charge in [0.05, 0.1) is 0 Å². The van der Waals surface area contributed by atoms with Crippen LogP contribution in [0.1, 0.15) is 25.3 Å². The van der Waals surface area contributed by atoms with E-state index in [0.29, 0.717) is 12.5 Å². The van der Waals surface area contributed by atoms with Gasteiger partial charge in [0.1, 0.15) is 12.4 Å². The van der Waals surface area contributed by atoms with Crippen LogP contribution in [-0.4, -0.2) is 13.2 Å². The van der Waals surface area contributed by atoms with E-state index in [4.69, 9.17) is 16.3 Å². The van der Waals surface area contributed by atoms with Gasteiger partial charge >= 0.3 is 0 Å². The second kappa shape index (κ2) is 7.20. The molecule has 0 aliphatic carbocycles. The molecule has 2 rings (SSSR count). The maximum Gasteiger partial charge on any atom is 0.119 e. The first-order valence-corrected chi connectivity index (χ1v) is 7.26. The zero-order chi connectivity index (χ0) is 14.4. The Labute approximate surface area is 125 Å². The minimum absolute atomic E-state index is 0.510. The molecule has 0 aromatic heterocycles. The van der Waals surface area contributed by atoms with Crippen LogP contribution in [0.15, 0.2) is 48.5 Å². The minimum atomic E-state index is 0.510. The average molecular weight is 290 g/mol. The molecular formula is C17H20ClNO. The molecule has 0 unspecified atom stereocenters. The average Bonchev–Trinajstić information content (AvgIpc) is 2.46. The van der Waals surface area contributed by atoms with Crippen molar-refractivity contribution in [3.05, 3.63) is 59.1 Å². The minimum Gasteiger partial charge on any atom is -0.492 e. The van der Waals surface area contributed by atoms with Crippen molar-refractivity contribution in [1.29, 1.82) is 0 Å². The number of hydrogen-bond acceptors (Lipinski definition) is 2. The lowest BCUT2D eigenvalue weighted by Crippen LogP contribution is -2.12. The second-order valence-corrected chi connectivity index (χ2v) is 5.41. The maximum atomic E-state index is 5.83. The van der Waals surface area contributed by atoms with Crippen molar-refractivity contribution in [1.82, 2.24) is 0 Å². The molecular weight excluding hydrogens is 270 g/mol. The lowest BCUT2D eigenvalue weighted by Gasteiger charge is -2.14.